The van der Waals surface area contributed by atoms with Crippen molar-refractivity contribution in [2.75, 3.05) is 74.4 Å². The summed E-state index contributed by atoms with van der Waals surface area (Å²) in [4.78, 5) is 18.2. The third-order valence-electron chi connectivity index (χ3n) is 7.88. The van der Waals surface area contributed by atoms with Gasteiger partial charge in [0.05, 0.1) is 19.9 Å². The Morgan fingerprint density at radius 1 is 0.909 bits per heavy atom. The molecule has 3 aromatic carbocycles. The van der Waals surface area contributed by atoms with Gasteiger partial charge in [-0.2, -0.15) is 5.10 Å². The first-order valence-electron chi connectivity index (χ1n) is 14.8. The number of piperazine rings is 1. The van der Waals surface area contributed by atoms with Crippen LogP contribution < -0.4 is 35.0 Å². The first kappa shape index (κ1) is 30.9. The summed E-state index contributed by atoms with van der Waals surface area (Å²) < 4.78 is 39.2. The number of urea groups is 1. The highest BCUT2D eigenvalue weighted by Gasteiger charge is 2.22. The average molecular weight is 608 g/mol. The molecule has 0 aliphatic carbocycles. The number of hydrogen-bond acceptors (Lipinski definition) is 8. The number of amides is 2. The highest BCUT2D eigenvalue weighted by atomic mass is 19.1. The maximum absolute atomic E-state index is 14.1. The summed E-state index contributed by atoms with van der Waals surface area (Å²) in [5, 5.41) is 5.66. The quantitative estimate of drug-likeness (QED) is 0.203. The third-order valence-corrected chi connectivity index (χ3v) is 7.88. The molecule has 3 aromatic rings. The van der Waals surface area contributed by atoms with Gasteiger partial charge in [0.25, 0.3) is 0 Å². The third kappa shape index (κ3) is 8.07. The van der Waals surface area contributed by atoms with Gasteiger partial charge in [-0.3, -0.25) is 10.3 Å². The van der Waals surface area contributed by atoms with E-state index in [9.17, 15) is 13.6 Å². The minimum absolute atomic E-state index is 0.0105. The maximum Gasteiger partial charge on any atom is 0.337 e. The van der Waals surface area contributed by atoms with E-state index in [2.05, 4.69) is 56.7 Å². The topological polar surface area (TPSA) is 84.9 Å². The van der Waals surface area contributed by atoms with Crippen molar-refractivity contribution in [2.24, 2.45) is 11.0 Å². The first-order chi connectivity index (χ1) is 21.4. The van der Waals surface area contributed by atoms with Crippen LogP contribution in [0.1, 0.15) is 12.8 Å². The molecule has 2 fully saturated rings. The Kier molecular flexibility index (Phi) is 10.3. The lowest BCUT2D eigenvalue weighted by Gasteiger charge is -2.37. The molecule has 1 atom stereocenters. The van der Waals surface area contributed by atoms with Crippen molar-refractivity contribution in [2.45, 2.75) is 12.8 Å². The molecule has 2 heterocycles. The van der Waals surface area contributed by atoms with E-state index in [1.54, 1.807) is 9.91 Å². The van der Waals surface area contributed by atoms with Crippen molar-refractivity contribution in [1.29, 1.82) is 0 Å². The fourth-order valence-electron chi connectivity index (χ4n) is 5.27. The largest absolute Gasteiger partial charge is 0.493 e. The Balaban J connectivity index is 1.11. The number of nitrogens with zero attached hydrogens (tertiary/aromatic N) is 5. The van der Waals surface area contributed by atoms with Gasteiger partial charge < -0.3 is 24.3 Å². The van der Waals surface area contributed by atoms with Gasteiger partial charge in [-0.15, -0.1) is 0 Å². The number of hydrazine groups is 1. The molecule has 2 aliphatic rings. The molecular formula is C32H39F2N7O3. The van der Waals surface area contributed by atoms with Crippen LogP contribution >= 0.6 is 0 Å². The Labute approximate surface area is 256 Å². The van der Waals surface area contributed by atoms with Crippen molar-refractivity contribution >= 4 is 29.8 Å². The number of benzene rings is 3. The Bertz CT molecular complexity index is 1390. The SMILES string of the molecule is C=NN(C)CCC[C@H](COc1ccc(N2CCN(c3ccc(N4CNNC4=O)cc3)CC2)cc1)COc1ccc(F)cc1F. The molecule has 44 heavy (non-hydrogen) atoms. The van der Waals surface area contributed by atoms with Crippen LogP contribution in [-0.4, -0.2) is 77.4 Å². The second-order valence-electron chi connectivity index (χ2n) is 10.9. The van der Waals surface area contributed by atoms with Gasteiger partial charge >= 0.3 is 6.03 Å². The predicted octanol–water partition coefficient (Wildman–Crippen LogP) is 4.68. The van der Waals surface area contributed by atoms with Crippen LogP contribution in [0.25, 0.3) is 0 Å². The highest BCUT2D eigenvalue weighted by molar-refractivity contribution is 5.93. The molecule has 5 rings (SSSR count). The zero-order valence-electron chi connectivity index (χ0n) is 24.9. The summed E-state index contributed by atoms with van der Waals surface area (Å²) in [5.74, 6) is -0.601. The second-order valence-corrected chi connectivity index (χ2v) is 10.9. The second kappa shape index (κ2) is 14.7. The minimum Gasteiger partial charge on any atom is -0.493 e. The van der Waals surface area contributed by atoms with E-state index >= 15 is 0 Å². The minimum atomic E-state index is -0.722. The zero-order valence-corrected chi connectivity index (χ0v) is 24.9. The number of halogens is 2. The van der Waals surface area contributed by atoms with Gasteiger partial charge in [0.2, 0.25) is 0 Å². The fourth-order valence-corrected chi connectivity index (χ4v) is 5.27. The van der Waals surface area contributed by atoms with Crippen molar-refractivity contribution in [3.63, 3.8) is 0 Å². The van der Waals surface area contributed by atoms with Crippen LogP contribution in [0.2, 0.25) is 0 Å². The van der Waals surface area contributed by atoms with E-state index < -0.39 is 11.6 Å². The lowest BCUT2D eigenvalue weighted by molar-refractivity contribution is 0.160. The van der Waals surface area contributed by atoms with E-state index in [1.807, 2.05) is 31.3 Å². The first-order valence-corrected chi connectivity index (χ1v) is 14.8. The van der Waals surface area contributed by atoms with E-state index in [4.69, 9.17) is 9.47 Å². The van der Waals surface area contributed by atoms with E-state index in [-0.39, 0.29) is 24.3 Å². The molecule has 10 nitrogen and oxygen atoms in total. The Hall–Kier alpha value is -4.58. The molecule has 2 N–H and O–H groups in total. The van der Waals surface area contributed by atoms with Crippen molar-refractivity contribution in [1.82, 2.24) is 15.9 Å². The maximum atomic E-state index is 14.1. The van der Waals surface area contributed by atoms with Gasteiger partial charge in [0.1, 0.15) is 11.6 Å². The number of carbonyl (C=O) groups is 1. The van der Waals surface area contributed by atoms with Crippen molar-refractivity contribution < 1.29 is 23.0 Å². The summed E-state index contributed by atoms with van der Waals surface area (Å²) in [6.07, 6.45) is 1.61. The monoisotopic (exact) mass is 607 g/mol. The number of ether oxygens (including phenoxy) is 2. The molecule has 2 amide bonds. The molecule has 0 radical (unpaired) electrons. The summed E-state index contributed by atoms with van der Waals surface area (Å²) in [6.45, 7) is 8.88. The van der Waals surface area contributed by atoms with Crippen LogP contribution in [0.4, 0.5) is 30.6 Å². The van der Waals surface area contributed by atoms with Gasteiger partial charge in [-0.25, -0.2) is 19.0 Å². The summed E-state index contributed by atoms with van der Waals surface area (Å²) in [7, 11) is 1.86. The standard InChI is InChI=1S/C32H39F2N7O3/c1-35-38(2)15-3-4-24(22-44-31-14-5-25(33)20-30(31)34)21-43-29-12-10-27(11-13-29)40-18-16-39(17-19-40)26-6-8-28(9-7-26)41-23-36-37-32(41)42/h5-14,20,24,36H,1,3-4,15-19,21-23H2,2H3,(H,37,42)/t24-/m1/s1. The Morgan fingerprint density at radius 3 is 2.11 bits per heavy atom. The van der Waals surface area contributed by atoms with Gasteiger partial charge in [-0.1, -0.05) is 0 Å². The van der Waals surface area contributed by atoms with Crippen LogP contribution in [0, 0.1) is 17.6 Å². The van der Waals surface area contributed by atoms with Crippen molar-refractivity contribution in [3.8, 4) is 11.5 Å². The molecule has 0 aromatic heterocycles. The lowest BCUT2D eigenvalue weighted by atomic mass is 10.1. The van der Waals surface area contributed by atoms with E-state index in [1.165, 1.54) is 12.1 Å². The predicted molar refractivity (Wildman–Crippen MR) is 169 cm³/mol. The lowest BCUT2D eigenvalue weighted by Crippen LogP contribution is -2.46. The van der Waals surface area contributed by atoms with Crippen molar-refractivity contribution in [3.05, 3.63) is 78.4 Å². The number of nitrogens with one attached hydrogen (secondary N) is 2. The van der Waals surface area contributed by atoms with Gasteiger partial charge in [0.15, 0.2) is 11.6 Å². The number of hydrogen-bond donors (Lipinski definition) is 2. The fraction of sp³-hybridized carbons (Fsp3) is 0.375. The molecule has 0 bridgehead atoms. The average Bonchev–Trinajstić information content (AvgIpc) is 3.48. The summed E-state index contributed by atoms with van der Waals surface area (Å²) >= 11 is 0. The zero-order chi connectivity index (χ0) is 30.9. The Morgan fingerprint density at radius 2 is 1.52 bits per heavy atom. The van der Waals surface area contributed by atoms with Crippen LogP contribution in [0.15, 0.2) is 71.8 Å². The number of rotatable bonds is 14. The molecule has 0 spiro atoms. The van der Waals surface area contributed by atoms with Crippen LogP contribution in [-0.2, 0) is 0 Å². The molecule has 234 valence electrons. The number of hydrazone groups is 1. The number of anilines is 3. The van der Waals surface area contributed by atoms with Crippen LogP contribution in [0.3, 0.4) is 0 Å². The molecule has 2 aliphatic heterocycles. The highest BCUT2D eigenvalue weighted by Crippen LogP contribution is 2.26. The van der Waals surface area contributed by atoms with E-state index in [0.717, 1.165) is 74.4 Å². The smallest absolute Gasteiger partial charge is 0.337 e. The van der Waals surface area contributed by atoms with Gasteiger partial charge in [-0.05, 0) is 73.5 Å². The molecule has 0 unspecified atom stereocenters. The molecule has 0 saturated carbocycles. The normalized spacial score (nSPS) is 15.6. The molecule has 12 heteroatoms. The summed E-state index contributed by atoms with van der Waals surface area (Å²) in [5.41, 5.74) is 8.54. The van der Waals surface area contributed by atoms with E-state index in [0.29, 0.717) is 13.3 Å². The number of carbonyl (C=O) groups excluding carboxylic acids is 1. The molecule has 2 saturated heterocycles. The molecular weight excluding hydrogens is 568 g/mol. The van der Waals surface area contributed by atoms with Gasteiger partial charge in [0, 0.05) is 75.5 Å². The van der Waals surface area contributed by atoms with Crippen LogP contribution in [0.5, 0.6) is 11.5 Å². The summed E-state index contributed by atoms with van der Waals surface area (Å²) in [6, 6.07) is 19.3.